The summed E-state index contributed by atoms with van der Waals surface area (Å²) >= 11 is 0. The number of rotatable bonds is 4. The van der Waals surface area contributed by atoms with Crippen LogP contribution in [0.4, 0.5) is 4.39 Å². The van der Waals surface area contributed by atoms with Crippen molar-refractivity contribution < 1.29 is 18.8 Å². The minimum absolute atomic E-state index is 0.0993. The van der Waals surface area contributed by atoms with Crippen molar-refractivity contribution in [3.05, 3.63) is 75.2 Å². The van der Waals surface area contributed by atoms with Gasteiger partial charge in [-0.3, -0.25) is 10.1 Å². The zero-order valence-electron chi connectivity index (χ0n) is 12.4. The predicted molar refractivity (Wildman–Crippen MR) is 82.4 cm³/mol. The maximum atomic E-state index is 13.1. The van der Waals surface area contributed by atoms with E-state index in [1.165, 1.54) is 30.3 Å². The Morgan fingerprint density at radius 2 is 2.00 bits per heavy atom. The first-order valence-electron chi connectivity index (χ1n) is 7.14. The van der Waals surface area contributed by atoms with Gasteiger partial charge in [-0.15, -0.1) is 0 Å². The molecule has 1 heterocycles. The number of hydrogen-bond donors (Lipinski definition) is 0. The Kier molecular flexibility index (Phi) is 3.97. The third kappa shape index (κ3) is 2.88. The van der Waals surface area contributed by atoms with Crippen LogP contribution in [0.25, 0.3) is 6.08 Å². The van der Waals surface area contributed by atoms with Gasteiger partial charge in [-0.2, -0.15) is 0 Å². The average Bonchev–Trinajstić information content (AvgIpc) is 2.55. The lowest BCUT2D eigenvalue weighted by atomic mass is 10.0. The van der Waals surface area contributed by atoms with Crippen molar-refractivity contribution in [2.45, 2.75) is 13.0 Å². The third-order valence-electron chi connectivity index (χ3n) is 3.50. The number of fused-ring (bicyclic) bond motifs is 1. The van der Waals surface area contributed by atoms with Gasteiger partial charge in [0.1, 0.15) is 5.82 Å². The molecule has 0 radical (unpaired) electrons. The van der Waals surface area contributed by atoms with E-state index in [0.717, 1.165) is 0 Å². The lowest BCUT2D eigenvalue weighted by molar-refractivity contribution is -0.434. The molecule has 2 aromatic rings. The van der Waals surface area contributed by atoms with E-state index in [1.807, 2.05) is 6.92 Å². The molecule has 1 aliphatic rings. The first-order valence-corrected chi connectivity index (χ1v) is 7.14. The van der Waals surface area contributed by atoms with Crippen molar-refractivity contribution in [2.75, 3.05) is 6.61 Å². The van der Waals surface area contributed by atoms with E-state index >= 15 is 0 Å². The Morgan fingerprint density at radius 1 is 1.26 bits per heavy atom. The van der Waals surface area contributed by atoms with Gasteiger partial charge in [0.05, 0.1) is 11.5 Å². The molecule has 1 atom stereocenters. The highest BCUT2D eigenvalue weighted by Crippen LogP contribution is 2.42. The second-order valence-electron chi connectivity index (χ2n) is 4.98. The molecule has 118 valence electrons. The van der Waals surface area contributed by atoms with Gasteiger partial charge in [0.15, 0.2) is 11.5 Å². The van der Waals surface area contributed by atoms with Crippen molar-refractivity contribution in [1.82, 2.24) is 0 Å². The van der Waals surface area contributed by atoms with E-state index in [9.17, 15) is 14.5 Å². The predicted octanol–water partition coefficient (Wildman–Crippen LogP) is 3.98. The van der Waals surface area contributed by atoms with Gasteiger partial charge in [0.2, 0.25) is 6.10 Å². The molecule has 3 rings (SSSR count). The quantitative estimate of drug-likeness (QED) is 0.632. The molecule has 1 aliphatic heterocycles. The topological polar surface area (TPSA) is 61.6 Å². The third-order valence-corrected chi connectivity index (χ3v) is 3.50. The zero-order valence-corrected chi connectivity index (χ0v) is 12.4. The molecule has 0 amide bonds. The summed E-state index contributed by atoms with van der Waals surface area (Å²) in [5.41, 5.74) is 0.991. The van der Waals surface area contributed by atoms with Crippen molar-refractivity contribution in [1.29, 1.82) is 0 Å². The molecule has 0 bridgehead atoms. The second-order valence-corrected chi connectivity index (χ2v) is 4.98. The summed E-state index contributed by atoms with van der Waals surface area (Å²) in [7, 11) is 0. The molecule has 0 aromatic heterocycles. The van der Waals surface area contributed by atoms with E-state index in [0.29, 0.717) is 29.2 Å². The van der Waals surface area contributed by atoms with E-state index < -0.39 is 16.8 Å². The largest absolute Gasteiger partial charge is 0.490 e. The van der Waals surface area contributed by atoms with Crippen molar-refractivity contribution in [2.24, 2.45) is 0 Å². The summed E-state index contributed by atoms with van der Waals surface area (Å²) in [4.78, 5) is 10.9. The first-order chi connectivity index (χ1) is 11.1. The fourth-order valence-corrected chi connectivity index (χ4v) is 2.48. The van der Waals surface area contributed by atoms with Gasteiger partial charge in [-0.25, -0.2) is 4.39 Å². The number of halogens is 1. The molecule has 0 saturated heterocycles. The molecule has 2 aromatic carbocycles. The summed E-state index contributed by atoms with van der Waals surface area (Å²) in [6.45, 7) is 2.30. The smallest absolute Gasteiger partial charge is 0.291 e. The van der Waals surface area contributed by atoms with Gasteiger partial charge in [0.25, 0.3) is 5.70 Å². The standard InChI is InChI=1S/C17H14FNO4/c1-2-22-15-5-3-4-12-10-14(19(20)21)16(23-17(12)15)11-6-8-13(18)9-7-11/h3-10,16H,2H2,1H3/t16-/m0/s1. The van der Waals surface area contributed by atoms with Crippen LogP contribution >= 0.6 is 0 Å². The highest BCUT2D eigenvalue weighted by Gasteiger charge is 2.34. The Balaban J connectivity index is 2.09. The fourth-order valence-electron chi connectivity index (χ4n) is 2.48. The number of ether oxygens (including phenoxy) is 2. The van der Waals surface area contributed by atoms with Crippen LogP contribution in [0.2, 0.25) is 0 Å². The van der Waals surface area contributed by atoms with Crippen LogP contribution in [-0.4, -0.2) is 11.5 Å². The first kappa shape index (κ1) is 15.0. The molecule has 6 heteroatoms. The van der Waals surface area contributed by atoms with Crippen LogP contribution in [0.15, 0.2) is 48.2 Å². The van der Waals surface area contributed by atoms with E-state index in [2.05, 4.69) is 0 Å². The molecule has 0 spiro atoms. The average molecular weight is 315 g/mol. The maximum absolute atomic E-state index is 13.1. The zero-order chi connectivity index (χ0) is 16.4. The summed E-state index contributed by atoms with van der Waals surface area (Å²) in [5.74, 6) is 0.566. The summed E-state index contributed by atoms with van der Waals surface area (Å²) in [6.07, 6.45) is 0.551. The fraction of sp³-hybridized carbons (Fsp3) is 0.176. The van der Waals surface area contributed by atoms with Gasteiger partial charge >= 0.3 is 0 Å². The minimum atomic E-state index is -0.917. The lowest BCUT2D eigenvalue weighted by Gasteiger charge is -2.24. The molecular weight excluding hydrogens is 301 g/mol. The molecule has 23 heavy (non-hydrogen) atoms. The minimum Gasteiger partial charge on any atom is -0.490 e. The maximum Gasteiger partial charge on any atom is 0.291 e. The van der Waals surface area contributed by atoms with Gasteiger partial charge in [-0.1, -0.05) is 24.3 Å². The molecule has 0 aliphatic carbocycles. The van der Waals surface area contributed by atoms with Gasteiger partial charge < -0.3 is 9.47 Å². The van der Waals surface area contributed by atoms with E-state index in [-0.39, 0.29) is 5.70 Å². The lowest BCUT2D eigenvalue weighted by Crippen LogP contribution is -2.20. The van der Waals surface area contributed by atoms with Crippen molar-refractivity contribution >= 4 is 6.08 Å². The highest BCUT2D eigenvalue weighted by molar-refractivity contribution is 5.66. The number of para-hydroxylation sites is 1. The Bertz CT molecular complexity index is 771. The Hall–Kier alpha value is -2.89. The Labute approximate surface area is 132 Å². The molecule has 0 saturated carbocycles. The Morgan fingerprint density at radius 3 is 2.65 bits per heavy atom. The van der Waals surface area contributed by atoms with Crippen LogP contribution in [-0.2, 0) is 0 Å². The van der Waals surface area contributed by atoms with E-state index in [4.69, 9.17) is 9.47 Å². The monoisotopic (exact) mass is 315 g/mol. The number of nitro groups is 1. The highest BCUT2D eigenvalue weighted by atomic mass is 19.1. The van der Waals surface area contributed by atoms with Crippen molar-refractivity contribution in [3.8, 4) is 11.5 Å². The number of nitrogens with zero attached hydrogens (tertiary/aromatic N) is 1. The summed E-state index contributed by atoms with van der Waals surface area (Å²) in [6, 6.07) is 10.7. The molecular formula is C17H14FNO4. The van der Waals surface area contributed by atoms with Gasteiger partial charge in [-0.05, 0) is 25.1 Å². The summed E-state index contributed by atoms with van der Waals surface area (Å²) in [5, 5.41) is 11.4. The van der Waals surface area contributed by atoms with Crippen molar-refractivity contribution in [3.63, 3.8) is 0 Å². The van der Waals surface area contributed by atoms with Gasteiger partial charge in [0, 0.05) is 17.2 Å². The summed E-state index contributed by atoms with van der Waals surface area (Å²) < 4.78 is 24.5. The van der Waals surface area contributed by atoms with Crippen LogP contribution < -0.4 is 9.47 Å². The van der Waals surface area contributed by atoms with E-state index in [1.54, 1.807) is 18.2 Å². The molecule has 0 unspecified atom stereocenters. The van der Waals surface area contributed by atoms with Crippen LogP contribution in [0.3, 0.4) is 0 Å². The van der Waals surface area contributed by atoms with Crippen LogP contribution in [0, 0.1) is 15.9 Å². The number of benzene rings is 2. The molecule has 0 N–H and O–H groups in total. The second kappa shape index (κ2) is 6.08. The molecule has 0 fully saturated rings. The van der Waals surface area contributed by atoms with Crippen LogP contribution in [0.5, 0.6) is 11.5 Å². The normalized spacial score (nSPS) is 16.1. The number of hydrogen-bond acceptors (Lipinski definition) is 4. The SMILES string of the molecule is CCOc1cccc2c1O[C@@H](c1ccc(F)cc1)C([N+](=O)[O-])=C2. The molecule has 5 nitrogen and oxygen atoms in total. The van der Waals surface area contributed by atoms with Crippen LogP contribution in [0.1, 0.15) is 24.2 Å².